The van der Waals surface area contributed by atoms with Gasteiger partial charge in [-0.3, -0.25) is 0 Å². The van der Waals surface area contributed by atoms with Crippen LogP contribution in [0.2, 0.25) is 0 Å². The molecule has 18 heavy (non-hydrogen) atoms. The molecule has 1 aromatic carbocycles. The lowest BCUT2D eigenvalue weighted by atomic mass is 10.0. The number of aliphatic hydroxyl groups is 1. The first kappa shape index (κ1) is 13.3. The van der Waals surface area contributed by atoms with Crippen LogP contribution in [0.15, 0.2) is 18.2 Å². The molecule has 1 fully saturated rings. The van der Waals surface area contributed by atoms with Gasteiger partial charge in [-0.05, 0) is 51.3 Å². The molecule has 0 saturated carbocycles. The monoisotopic (exact) mass is 251 g/mol. The van der Waals surface area contributed by atoms with E-state index in [2.05, 4.69) is 18.7 Å². The first-order valence-corrected chi connectivity index (χ1v) is 6.80. The van der Waals surface area contributed by atoms with Gasteiger partial charge in [0.05, 0.1) is 6.10 Å². The quantitative estimate of drug-likeness (QED) is 0.886. The Kier molecular flexibility index (Phi) is 3.91. The Morgan fingerprint density at radius 1 is 1.44 bits per heavy atom. The van der Waals surface area contributed by atoms with Crippen LogP contribution < -0.4 is 4.90 Å². The first-order chi connectivity index (χ1) is 8.54. The Morgan fingerprint density at radius 3 is 2.78 bits per heavy atom. The highest BCUT2D eigenvalue weighted by Crippen LogP contribution is 2.36. The summed E-state index contributed by atoms with van der Waals surface area (Å²) >= 11 is 0. The van der Waals surface area contributed by atoms with Crippen LogP contribution in [0.1, 0.15) is 51.7 Å². The lowest BCUT2D eigenvalue weighted by Gasteiger charge is -2.32. The highest BCUT2D eigenvalue weighted by Gasteiger charge is 2.31. The minimum absolute atomic E-state index is 0.283. The summed E-state index contributed by atoms with van der Waals surface area (Å²) < 4.78 is 13.3. The highest BCUT2D eigenvalue weighted by atomic mass is 19.1. The summed E-state index contributed by atoms with van der Waals surface area (Å²) in [6.45, 7) is 6.08. The third kappa shape index (κ3) is 2.37. The summed E-state index contributed by atoms with van der Waals surface area (Å²) in [6, 6.07) is 5.71. The summed E-state index contributed by atoms with van der Waals surface area (Å²) in [6.07, 6.45) is 2.78. The van der Waals surface area contributed by atoms with Crippen LogP contribution in [0.5, 0.6) is 0 Å². The largest absolute Gasteiger partial charge is 0.389 e. The molecule has 1 aliphatic heterocycles. The summed E-state index contributed by atoms with van der Waals surface area (Å²) in [5.74, 6) is -0.283. The second-order valence-corrected chi connectivity index (χ2v) is 5.27. The number of nitrogens with zero attached hydrogens (tertiary/aromatic N) is 1. The van der Waals surface area contributed by atoms with Crippen molar-refractivity contribution in [3.63, 3.8) is 0 Å². The number of hydrogen-bond acceptors (Lipinski definition) is 2. The van der Waals surface area contributed by atoms with E-state index in [4.69, 9.17) is 0 Å². The second kappa shape index (κ2) is 5.27. The molecule has 0 radical (unpaired) electrons. The van der Waals surface area contributed by atoms with E-state index in [1.165, 1.54) is 18.6 Å². The first-order valence-electron chi connectivity index (χ1n) is 6.80. The van der Waals surface area contributed by atoms with Gasteiger partial charge in [-0.25, -0.2) is 4.39 Å². The van der Waals surface area contributed by atoms with Crippen molar-refractivity contribution in [1.82, 2.24) is 0 Å². The lowest BCUT2D eigenvalue weighted by molar-refractivity contribution is 0.199. The van der Waals surface area contributed by atoms with E-state index in [9.17, 15) is 9.50 Å². The zero-order valence-corrected chi connectivity index (χ0v) is 11.4. The van der Waals surface area contributed by atoms with Crippen molar-refractivity contribution in [2.75, 3.05) is 4.90 Å². The van der Waals surface area contributed by atoms with Crippen molar-refractivity contribution >= 4 is 5.69 Å². The third-order valence-electron chi connectivity index (χ3n) is 3.98. The molecule has 1 N–H and O–H groups in total. The van der Waals surface area contributed by atoms with Crippen molar-refractivity contribution in [2.45, 2.75) is 58.2 Å². The van der Waals surface area contributed by atoms with E-state index in [1.807, 2.05) is 6.07 Å². The molecule has 0 aromatic heterocycles. The van der Waals surface area contributed by atoms with Crippen molar-refractivity contribution in [3.8, 4) is 0 Å². The molecule has 1 aromatic rings. The molecule has 1 heterocycles. The minimum Gasteiger partial charge on any atom is -0.389 e. The Morgan fingerprint density at radius 2 is 2.17 bits per heavy atom. The van der Waals surface area contributed by atoms with Gasteiger partial charge in [0, 0.05) is 23.3 Å². The maximum Gasteiger partial charge on any atom is 0.123 e. The van der Waals surface area contributed by atoms with E-state index < -0.39 is 6.10 Å². The standard InChI is InChI=1S/C15H22FNO/c1-4-13-7-5-10(2)17(13)15-8-6-12(16)9-14(15)11(3)18/h6,8-11,13,18H,4-5,7H2,1-3H3. The fourth-order valence-corrected chi connectivity index (χ4v) is 3.00. The van der Waals surface area contributed by atoms with Gasteiger partial charge in [-0.15, -0.1) is 0 Å². The molecule has 0 amide bonds. The zero-order chi connectivity index (χ0) is 13.3. The fraction of sp³-hybridized carbons (Fsp3) is 0.600. The molecule has 2 rings (SSSR count). The predicted octanol–water partition coefficient (Wildman–Crippen LogP) is 3.65. The van der Waals surface area contributed by atoms with Gasteiger partial charge in [-0.1, -0.05) is 6.92 Å². The maximum absolute atomic E-state index is 13.3. The molecule has 3 atom stereocenters. The number of rotatable bonds is 3. The van der Waals surface area contributed by atoms with Crippen molar-refractivity contribution in [2.24, 2.45) is 0 Å². The van der Waals surface area contributed by atoms with E-state index in [-0.39, 0.29) is 5.82 Å². The van der Waals surface area contributed by atoms with Gasteiger partial charge >= 0.3 is 0 Å². The summed E-state index contributed by atoms with van der Waals surface area (Å²) in [7, 11) is 0. The number of hydrogen-bond donors (Lipinski definition) is 1. The van der Waals surface area contributed by atoms with Crippen LogP contribution in [0.4, 0.5) is 10.1 Å². The average molecular weight is 251 g/mol. The highest BCUT2D eigenvalue weighted by molar-refractivity contribution is 5.57. The molecule has 0 spiro atoms. The van der Waals surface area contributed by atoms with Gasteiger partial charge in [0.1, 0.15) is 5.82 Å². The minimum atomic E-state index is -0.638. The van der Waals surface area contributed by atoms with E-state index in [0.29, 0.717) is 17.6 Å². The molecule has 1 saturated heterocycles. The Balaban J connectivity index is 2.43. The summed E-state index contributed by atoms with van der Waals surface area (Å²) in [5.41, 5.74) is 1.69. The Labute approximate surface area is 108 Å². The topological polar surface area (TPSA) is 23.5 Å². The van der Waals surface area contributed by atoms with Gasteiger partial charge in [0.2, 0.25) is 0 Å². The van der Waals surface area contributed by atoms with E-state index in [0.717, 1.165) is 18.5 Å². The SMILES string of the molecule is CCC1CCC(C)N1c1ccc(F)cc1C(C)O. The number of anilines is 1. The molecule has 1 aliphatic rings. The smallest absolute Gasteiger partial charge is 0.123 e. The molecule has 0 bridgehead atoms. The summed E-state index contributed by atoms with van der Waals surface area (Å²) in [5, 5.41) is 9.84. The predicted molar refractivity (Wildman–Crippen MR) is 72.3 cm³/mol. The molecular weight excluding hydrogens is 229 g/mol. The Hall–Kier alpha value is -1.09. The van der Waals surface area contributed by atoms with E-state index in [1.54, 1.807) is 6.92 Å². The van der Waals surface area contributed by atoms with Crippen molar-refractivity contribution in [3.05, 3.63) is 29.6 Å². The van der Waals surface area contributed by atoms with Crippen LogP contribution in [0, 0.1) is 5.82 Å². The van der Waals surface area contributed by atoms with Crippen LogP contribution >= 0.6 is 0 Å². The van der Waals surface area contributed by atoms with Gasteiger partial charge in [0.25, 0.3) is 0 Å². The zero-order valence-electron chi connectivity index (χ0n) is 11.4. The van der Waals surface area contributed by atoms with Crippen molar-refractivity contribution < 1.29 is 9.50 Å². The molecule has 0 aliphatic carbocycles. The average Bonchev–Trinajstić information content (AvgIpc) is 2.70. The number of benzene rings is 1. The van der Waals surface area contributed by atoms with Crippen LogP contribution in [0.25, 0.3) is 0 Å². The van der Waals surface area contributed by atoms with Crippen LogP contribution in [-0.4, -0.2) is 17.2 Å². The molecule has 100 valence electrons. The molecule has 3 unspecified atom stereocenters. The van der Waals surface area contributed by atoms with Gasteiger partial charge < -0.3 is 10.0 Å². The second-order valence-electron chi connectivity index (χ2n) is 5.27. The van der Waals surface area contributed by atoms with Crippen LogP contribution in [0.3, 0.4) is 0 Å². The summed E-state index contributed by atoms with van der Waals surface area (Å²) in [4.78, 5) is 2.35. The normalized spacial score (nSPS) is 25.5. The van der Waals surface area contributed by atoms with Crippen LogP contribution in [-0.2, 0) is 0 Å². The number of aliphatic hydroxyl groups excluding tert-OH is 1. The lowest BCUT2D eigenvalue weighted by Crippen LogP contribution is -2.35. The fourth-order valence-electron chi connectivity index (χ4n) is 3.00. The molecular formula is C15H22FNO. The van der Waals surface area contributed by atoms with E-state index >= 15 is 0 Å². The maximum atomic E-state index is 13.3. The van der Waals surface area contributed by atoms with Gasteiger partial charge in [0.15, 0.2) is 0 Å². The Bertz CT molecular complexity index is 419. The van der Waals surface area contributed by atoms with Crippen molar-refractivity contribution in [1.29, 1.82) is 0 Å². The number of halogens is 1. The molecule has 3 heteroatoms. The molecule has 2 nitrogen and oxygen atoms in total. The third-order valence-corrected chi connectivity index (χ3v) is 3.98. The van der Waals surface area contributed by atoms with Gasteiger partial charge in [-0.2, -0.15) is 0 Å².